The molecule has 202 valence electrons. The van der Waals surface area contributed by atoms with Gasteiger partial charge in [0.05, 0.1) is 36.8 Å². The number of nitrogens with zero attached hydrogens (tertiary/aromatic N) is 1. The first-order valence-corrected chi connectivity index (χ1v) is 13.5. The number of ether oxygens (including phenoxy) is 2. The third kappa shape index (κ3) is 7.41. The second-order valence-electron chi connectivity index (χ2n) is 8.78. The Hall–Kier alpha value is -3.20. The molecule has 0 atom stereocenters. The van der Waals surface area contributed by atoms with Crippen LogP contribution in [0.2, 0.25) is 0 Å². The van der Waals surface area contributed by atoms with Crippen LogP contribution in [0.4, 0.5) is 4.79 Å². The van der Waals surface area contributed by atoms with E-state index in [-0.39, 0.29) is 47.6 Å². The van der Waals surface area contributed by atoms with E-state index < -0.39 is 25.3 Å². The van der Waals surface area contributed by atoms with Crippen LogP contribution in [-0.2, 0) is 27.9 Å². The van der Waals surface area contributed by atoms with Gasteiger partial charge in [-0.15, -0.1) is 0 Å². The lowest BCUT2D eigenvalue weighted by Gasteiger charge is -2.21. The maximum absolute atomic E-state index is 14.1. The smallest absolute Gasteiger partial charge is 0.426 e. The Bertz CT molecular complexity index is 1190. The summed E-state index contributed by atoms with van der Waals surface area (Å²) < 4.78 is 37.2. The number of hydrogen-bond acceptors (Lipinski definition) is 8. The van der Waals surface area contributed by atoms with Crippen molar-refractivity contribution in [2.75, 3.05) is 25.2 Å². The Balaban J connectivity index is 2.98. The average Bonchev–Trinajstić information content (AvgIpc) is 3.09. The number of nitrogens with one attached hydrogen (secondary N) is 1. The van der Waals surface area contributed by atoms with Gasteiger partial charge < -0.3 is 18.5 Å². The monoisotopic (exact) mass is 534 g/mol. The molecule has 1 heterocycles. The van der Waals surface area contributed by atoms with Gasteiger partial charge in [-0.25, -0.2) is 15.0 Å². The fourth-order valence-electron chi connectivity index (χ4n) is 3.56. The predicted octanol–water partition coefficient (Wildman–Crippen LogP) is 5.08. The number of aromatic nitrogens is 1. The minimum absolute atomic E-state index is 0.00560. The molecule has 0 spiro atoms. The number of aldehydes is 1. The van der Waals surface area contributed by atoms with Gasteiger partial charge in [0.2, 0.25) is 0 Å². The lowest BCUT2D eigenvalue weighted by atomic mass is 10.1. The predicted molar refractivity (Wildman–Crippen MR) is 142 cm³/mol. The van der Waals surface area contributed by atoms with E-state index in [1.165, 1.54) is 17.7 Å². The molecule has 2 rings (SSSR count). The molecule has 1 N–H and O–H groups in total. The molecule has 0 aliphatic heterocycles. The van der Waals surface area contributed by atoms with Crippen LogP contribution in [0.5, 0.6) is 0 Å². The summed E-state index contributed by atoms with van der Waals surface area (Å²) in [4.78, 5) is 38.1. The number of allylic oxidation sites excluding steroid dienone is 1. The van der Waals surface area contributed by atoms with Crippen molar-refractivity contribution < 1.29 is 37.5 Å². The van der Waals surface area contributed by atoms with Gasteiger partial charge in [-0.05, 0) is 60.1 Å². The van der Waals surface area contributed by atoms with Gasteiger partial charge in [0.15, 0.2) is 6.29 Å². The Morgan fingerprint density at radius 2 is 1.62 bits per heavy atom. The van der Waals surface area contributed by atoms with Crippen molar-refractivity contribution in [2.45, 2.75) is 54.1 Å². The second kappa shape index (κ2) is 12.9. The molecule has 0 aliphatic carbocycles. The fraction of sp³-hybridized carbons (Fsp3) is 0.423. The van der Waals surface area contributed by atoms with E-state index in [0.717, 1.165) is 0 Å². The van der Waals surface area contributed by atoms with Crippen molar-refractivity contribution in [3.63, 3.8) is 0 Å². The summed E-state index contributed by atoms with van der Waals surface area (Å²) >= 11 is 0. The fourth-order valence-corrected chi connectivity index (χ4v) is 5.55. The Morgan fingerprint density at radius 1 is 1.03 bits per heavy atom. The Labute approximate surface area is 217 Å². The first-order valence-electron chi connectivity index (χ1n) is 12.0. The molecule has 0 saturated heterocycles. The topological polar surface area (TPSA) is 122 Å². The van der Waals surface area contributed by atoms with Gasteiger partial charge in [-0.3, -0.25) is 14.0 Å². The second-order valence-corrected chi connectivity index (χ2v) is 10.7. The van der Waals surface area contributed by atoms with Crippen LogP contribution < -0.4 is 10.7 Å². The van der Waals surface area contributed by atoms with Crippen LogP contribution in [0.1, 0.15) is 68.9 Å². The molecule has 0 radical (unpaired) electrons. The average molecular weight is 535 g/mol. The zero-order valence-electron chi connectivity index (χ0n) is 22.3. The molecule has 0 aliphatic rings. The SMILES string of the molecule is CCOC(=O)c1c(P(=O)(OCC)OCC)c(/C=C(\C=O)c2ccccc2)n(NC(=O)OC(C)(C)C)c1C. The van der Waals surface area contributed by atoms with Crippen molar-refractivity contribution >= 4 is 42.9 Å². The Kier molecular flexibility index (Phi) is 10.4. The van der Waals surface area contributed by atoms with Gasteiger partial charge in [0.1, 0.15) is 10.9 Å². The van der Waals surface area contributed by atoms with E-state index in [4.69, 9.17) is 18.5 Å². The molecule has 1 aromatic heterocycles. The van der Waals surface area contributed by atoms with Gasteiger partial charge in [0, 0.05) is 5.57 Å². The summed E-state index contributed by atoms with van der Waals surface area (Å²) in [6.07, 6.45) is 1.20. The van der Waals surface area contributed by atoms with Crippen molar-refractivity contribution in [3.8, 4) is 0 Å². The van der Waals surface area contributed by atoms with E-state index in [9.17, 15) is 18.9 Å². The highest BCUT2D eigenvalue weighted by Gasteiger charge is 2.40. The quantitative estimate of drug-likeness (QED) is 0.183. The zero-order chi connectivity index (χ0) is 27.8. The number of rotatable bonds is 11. The van der Waals surface area contributed by atoms with Gasteiger partial charge in [0.25, 0.3) is 0 Å². The maximum atomic E-state index is 14.1. The molecule has 0 saturated carbocycles. The van der Waals surface area contributed by atoms with Crippen LogP contribution in [0.15, 0.2) is 30.3 Å². The summed E-state index contributed by atoms with van der Waals surface area (Å²) in [7, 11) is -4.15. The van der Waals surface area contributed by atoms with Crippen LogP contribution in [0, 0.1) is 6.92 Å². The van der Waals surface area contributed by atoms with Crippen LogP contribution in [0.25, 0.3) is 11.6 Å². The molecular formula is C26H35N2O8P. The van der Waals surface area contributed by atoms with Crippen LogP contribution in [0.3, 0.4) is 0 Å². The zero-order valence-corrected chi connectivity index (χ0v) is 23.2. The van der Waals surface area contributed by atoms with E-state index >= 15 is 0 Å². The molecule has 0 fully saturated rings. The van der Waals surface area contributed by atoms with E-state index in [0.29, 0.717) is 11.8 Å². The van der Waals surface area contributed by atoms with Crippen molar-refractivity contribution in [3.05, 3.63) is 52.8 Å². The van der Waals surface area contributed by atoms with Crippen LogP contribution >= 0.6 is 7.60 Å². The first kappa shape index (κ1) is 30.0. The number of amides is 1. The van der Waals surface area contributed by atoms with Gasteiger partial charge in [-0.1, -0.05) is 30.3 Å². The number of benzene rings is 1. The summed E-state index contributed by atoms with van der Waals surface area (Å²) in [6, 6.07) is 8.75. The summed E-state index contributed by atoms with van der Waals surface area (Å²) in [5, 5.41) is -0.126. The molecule has 0 unspecified atom stereocenters. The highest BCUT2D eigenvalue weighted by atomic mass is 31.2. The molecule has 0 bridgehead atoms. The van der Waals surface area contributed by atoms with E-state index in [1.54, 1.807) is 71.9 Å². The number of esters is 1. The molecule has 10 nitrogen and oxygen atoms in total. The third-order valence-corrected chi connectivity index (χ3v) is 7.09. The number of carbonyl (C=O) groups is 3. The highest BCUT2D eigenvalue weighted by Crippen LogP contribution is 2.50. The lowest BCUT2D eigenvalue weighted by Crippen LogP contribution is -2.33. The molecule has 11 heteroatoms. The highest BCUT2D eigenvalue weighted by molar-refractivity contribution is 7.62. The van der Waals surface area contributed by atoms with Crippen LogP contribution in [-0.4, -0.2) is 48.4 Å². The summed E-state index contributed by atoms with van der Waals surface area (Å²) in [6.45, 7) is 11.6. The molecule has 1 amide bonds. The number of carbonyl (C=O) groups excluding carboxylic acids is 3. The van der Waals surface area contributed by atoms with Gasteiger partial charge >= 0.3 is 19.7 Å². The third-order valence-electron chi connectivity index (χ3n) is 4.90. The largest absolute Gasteiger partial charge is 0.462 e. The first-order chi connectivity index (χ1) is 17.4. The van der Waals surface area contributed by atoms with Gasteiger partial charge in [-0.2, -0.15) is 0 Å². The minimum Gasteiger partial charge on any atom is -0.462 e. The molecule has 2 aromatic rings. The molecule has 1 aromatic carbocycles. The van der Waals surface area contributed by atoms with Crippen molar-refractivity contribution in [1.29, 1.82) is 0 Å². The maximum Gasteiger partial charge on any atom is 0.426 e. The molecular weight excluding hydrogens is 499 g/mol. The normalized spacial score (nSPS) is 12.2. The van der Waals surface area contributed by atoms with E-state index in [1.807, 2.05) is 0 Å². The number of hydrogen-bond donors (Lipinski definition) is 1. The lowest BCUT2D eigenvalue weighted by molar-refractivity contribution is -0.103. The summed E-state index contributed by atoms with van der Waals surface area (Å²) in [5.41, 5.74) is 2.65. The van der Waals surface area contributed by atoms with Crippen molar-refractivity contribution in [2.24, 2.45) is 0 Å². The Morgan fingerprint density at radius 3 is 2.11 bits per heavy atom. The standard InChI is InChI=1S/C26H35N2O8P/c1-8-33-24(30)22-18(4)28(27-25(31)36-26(5,6)7)21(23(22)37(32,34-9-2)35-10-3)16-20(17-29)19-14-12-11-13-15-19/h11-17H,8-10H2,1-7H3,(H,27,31)/b20-16+. The summed E-state index contributed by atoms with van der Waals surface area (Å²) in [5.74, 6) is -0.790. The molecule has 37 heavy (non-hydrogen) atoms. The van der Waals surface area contributed by atoms with E-state index in [2.05, 4.69) is 5.43 Å². The van der Waals surface area contributed by atoms with Crippen molar-refractivity contribution in [1.82, 2.24) is 4.68 Å². The minimum atomic E-state index is -4.15.